The number of H-pyrrole nitrogens is 1. The molecule has 4 nitrogen and oxygen atoms in total. The number of hydrogen-bond donors (Lipinski definition) is 2. The SMILES string of the molecule is COc1ccc(-c2c(N)n[nH]c2-c2cccs2)cc1. The van der Waals surface area contributed by atoms with Crippen molar-refractivity contribution in [3.63, 3.8) is 0 Å². The Kier molecular flexibility index (Phi) is 2.97. The van der Waals surface area contributed by atoms with Crippen molar-refractivity contribution < 1.29 is 4.74 Å². The van der Waals surface area contributed by atoms with Crippen molar-refractivity contribution in [1.82, 2.24) is 10.2 Å². The standard InChI is InChI=1S/C14H13N3OS/c1-18-10-6-4-9(5-7-10)12-13(16-17-14(12)15)11-3-2-8-19-11/h2-8H,1H3,(H3,15,16,17). The van der Waals surface area contributed by atoms with Gasteiger partial charge in [-0.2, -0.15) is 5.10 Å². The highest BCUT2D eigenvalue weighted by Crippen LogP contribution is 2.37. The first-order valence-corrected chi connectivity index (χ1v) is 6.69. The van der Waals surface area contributed by atoms with E-state index in [9.17, 15) is 0 Å². The van der Waals surface area contributed by atoms with E-state index in [-0.39, 0.29) is 0 Å². The Bertz CT molecular complexity index is 671. The van der Waals surface area contributed by atoms with E-state index in [2.05, 4.69) is 10.2 Å². The van der Waals surface area contributed by atoms with Crippen LogP contribution in [0.5, 0.6) is 5.75 Å². The molecule has 3 rings (SSSR count). The molecule has 0 bridgehead atoms. The van der Waals surface area contributed by atoms with E-state index in [4.69, 9.17) is 10.5 Å². The number of nitrogens with zero attached hydrogens (tertiary/aromatic N) is 1. The quantitative estimate of drug-likeness (QED) is 0.767. The Morgan fingerprint density at radius 2 is 2.00 bits per heavy atom. The minimum atomic E-state index is 0.508. The van der Waals surface area contributed by atoms with Gasteiger partial charge in [0.1, 0.15) is 5.75 Å². The lowest BCUT2D eigenvalue weighted by Crippen LogP contribution is -1.89. The minimum absolute atomic E-state index is 0.508. The molecule has 2 heterocycles. The Hall–Kier alpha value is -2.27. The third kappa shape index (κ3) is 2.08. The summed E-state index contributed by atoms with van der Waals surface area (Å²) in [7, 11) is 1.65. The summed E-state index contributed by atoms with van der Waals surface area (Å²) >= 11 is 1.65. The van der Waals surface area contributed by atoms with Crippen LogP contribution in [-0.4, -0.2) is 17.3 Å². The lowest BCUT2D eigenvalue weighted by Gasteiger charge is -2.04. The third-order valence-corrected chi connectivity index (χ3v) is 3.83. The van der Waals surface area contributed by atoms with Crippen molar-refractivity contribution >= 4 is 17.2 Å². The van der Waals surface area contributed by atoms with E-state index >= 15 is 0 Å². The molecule has 0 aliphatic carbocycles. The summed E-state index contributed by atoms with van der Waals surface area (Å²) in [5.41, 5.74) is 8.90. The molecular weight excluding hydrogens is 258 g/mol. The second kappa shape index (κ2) is 4.78. The molecule has 0 saturated heterocycles. The third-order valence-electron chi connectivity index (χ3n) is 2.94. The molecule has 19 heavy (non-hydrogen) atoms. The van der Waals surface area contributed by atoms with Crippen LogP contribution in [0.1, 0.15) is 0 Å². The smallest absolute Gasteiger partial charge is 0.153 e. The van der Waals surface area contributed by atoms with Crippen LogP contribution < -0.4 is 10.5 Å². The van der Waals surface area contributed by atoms with Crippen LogP contribution in [-0.2, 0) is 0 Å². The van der Waals surface area contributed by atoms with Crippen LogP contribution in [0.25, 0.3) is 21.7 Å². The average Bonchev–Trinajstić information content (AvgIpc) is 3.08. The number of anilines is 1. The van der Waals surface area contributed by atoms with Gasteiger partial charge in [-0.25, -0.2) is 0 Å². The monoisotopic (exact) mass is 271 g/mol. The van der Waals surface area contributed by atoms with Gasteiger partial charge >= 0.3 is 0 Å². The number of thiophene rings is 1. The number of aromatic amines is 1. The van der Waals surface area contributed by atoms with Crippen molar-refractivity contribution in [1.29, 1.82) is 0 Å². The topological polar surface area (TPSA) is 63.9 Å². The number of ether oxygens (including phenoxy) is 1. The van der Waals surface area contributed by atoms with Crippen molar-refractivity contribution in [3.05, 3.63) is 41.8 Å². The first kappa shape index (κ1) is 11.8. The van der Waals surface area contributed by atoms with Crippen LogP contribution in [0.2, 0.25) is 0 Å². The number of methoxy groups -OCH3 is 1. The number of aromatic nitrogens is 2. The highest BCUT2D eigenvalue weighted by Gasteiger charge is 2.15. The van der Waals surface area contributed by atoms with Crippen molar-refractivity contribution in [2.75, 3.05) is 12.8 Å². The van der Waals surface area contributed by atoms with E-state index in [0.717, 1.165) is 27.4 Å². The molecule has 0 aliphatic rings. The van der Waals surface area contributed by atoms with Gasteiger partial charge in [0.2, 0.25) is 0 Å². The fraction of sp³-hybridized carbons (Fsp3) is 0.0714. The average molecular weight is 271 g/mol. The fourth-order valence-electron chi connectivity index (χ4n) is 2.01. The van der Waals surface area contributed by atoms with Gasteiger partial charge in [0.15, 0.2) is 5.82 Å². The molecule has 0 spiro atoms. The molecule has 0 amide bonds. The first-order valence-electron chi connectivity index (χ1n) is 5.81. The first-order chi connectivity index (χ1) is 9.29. The number of rotatable bonds is 3. The second-order valence-corrected chi connectivity index (χ2v) is 5.01. The zero-order chi connectivity index (χ0) is 13.2. The number of hydrogen-bond acceptors (Lipinski definition) is 4. The van der Waals surface area contributed by atoms with E-state index in [1.807, 2.05) is 41.8 Å². The molecule has 0 radical (unpaired) electrons. The summed E-state index contributed by atoms with van der Waals surface area (Å²) in [6, 6.07) is 11.9. The molecule has 1 aromatic carbocycles. The molecule has 0 fully saturated rings. The van der Waals surface area contributed by atoms with Gasteiger partial charge in [0.05, 0.1) is 23.2 Å². The largest absolute Gasteiger partial charge is 0.497 e. The van der Waals surface area contributed by atoms with E-state index in [1.54, 1.807) is 18.4 Å². The zero-order valence-corrected chi connectivity index (χ0v) is 11.2. The van der Waals surface area contributed by atoms with Gasteiger partial charge in [-0.15, -0.1) is 11.3 Å². The van der Waals surface area contributed by atoms with Gasteiger partial charge in [0.25, 0.3) is 0 Å². The molecular formula is C14H13N3OS. The van der Waals surface area contributed by atoms with Crippen LogP contribution in [0, 0.1) is 0 Å². The molecule has 0 aliphatic heterocycles. The van der Waals surface area contributed by atoms with Gasteiger partial charge in [-0.05, 0) is 29.1 Å². The lowest BCUT2D eigenvalue weighted by molar-refractivity contribution is 0.415. The van der Waals surface area contributed by atoms with Crippen LogP contribution in [0.4, 0.5) is 5.82 Å². The summed E-state index contributed by atoms with van der Waals surface area (Å²) in [5, 5.41) is 9.16. The predicted octanol–water partition coefficient (Wildman–Crippen LogP) is 3.40. The Morgan fingerprint density at radius 1 is 1.21 bits per heavy atom. The van der Waals surface area contributed by atoms with Gasteiger partial charge in [0, 0.05) is 0 Å². The van der Waals surface area contributed by atoms with E-state index in [1.165, 1.54) is 0 Å². The van der Waals surface area contributed by atoms with Crippen LogP contribution in [0.15, 0.2) is 41.8 Å². The number of nitrogens with two attached hydrogens (primary N) is 1. The number of nitrogens with one attached hydrogen (secondary N) is 1. The molecule has 5 heteroatoms. The number of benzene rings is 1. The zero-order valence-electron chi connectivity index (χ0n) is 10.4. The van der Waals surface area contributed by atoms with Gasteiger partial charge in [-0.1, -0.05) is 18.2 Å². The highest BCUT2D eigenvalue weighted by molar-refractivity contribution is 7.13. The summed E-state index contributed by atoms with van der Waals surface area (Å²) in [4.78, 5) is 1.12. The maximum Gasteiger partial charge on any atom is 0.153 e. The number of nitrogen functional groups attached to an aromatic ring is 1. The second-order valence-electron chi connectivity index (χ2n) is 4.06. The lowest BCUT2D eigenvalue weighted by atomic mass is 10.0. The molecule has 0 saturated carbocycles. The summed E-state index contributed by atoms with van der Waals surface area (Å²) in [5.74, 6) is 1.33. The normalized spacial score (nSPS) is 10.6. The molecule has 2 aromatic heterocycles. The fourth-order valence-corrected chi connectivity index (χ4v) is 2.73. The van der Waals surface area contributed by atoms with Gasteiger partial charge in [-0.3, -0.25) is 5.10 Å². The van der Waals surface area contributed by atoms with E-state index < -0.39 is 0 Å². The predicted molar refractivity (Wildman–Crippen MR) is 78.3 cm³/mol. The Morgan fingerprint density at radius 3 is 2.63 bits per heavy atom. The summed E-state index contributed by atoms with van der Waals surface area (Å²) in [6.07, 6.45) is 0. The van der Waals surface area contributed by atoms with Crippen LogP contribution >= 0.6 is 11.3 Å². The summed E-state index contributed by atoms with van der Waals surface area (Å²) in [6.45, 7) is 0. The maximum atomic E-state index is 5.98. The molecule has 96 valence electrons. The van der Waals surface area contributed by atoms with Crippen LogP contribution in [0.3, 0.4) is 0 Å². The molecule has 3 aromatic rings. The minimum Gasteiger partial charge on any atom is -0.497 e. The molecule has 0 unspecified atom stereocenters. The maximum absolute atomic E-state index is 5.98. The van der Waals surface area contributed by atoms with Crippen molar-refractivity contribution in [2.45, 2.75) is 0 Å². The van der Waals surface area contributed by atoms with E-state index in [0.29, 0.717) is 5.82 Å². The highest BCUT2D eigenvalue weighted by atomic mass is 32.1. The molecule has 3 N–H and O–H groups in total. The van der Waals surface area contributed by atoms with Gasteiger partial charge < -0.3 is 10.5 Å². The van der Waals surface area contributed by atoms with Crippen molar-refractivity contribution in [2.24, 2.45) is 0 Å². The van der Waals surface area contributed by atoms with Crippen molar-refractivity contribution in [3.8, 4) is 27.4 Å². The Labute approximate surface area is 114 Å². The molecule has 0 atom stereocenters. The Balaban J connectivity index is 2.11. The summed E-state index contributed by atoms with van der Waals surface area (Å²) < 4.78 is 5.17.